The van der Waals surface area contributed by atoms with E-state index in [1.54, 1.807) is 11.3 Å². The van der Waals surface area contributed by atoms with Crippen LogP contribution in [-0.2, 0) is 0 Å². The number of carbonyl (C=O) groups is 1. The summed E-state index contributed by atoms with van der Waals surface area (Å²) in [6.07, 6.45) is 1.92. The lowest BCUT2D eigenvalue weighted by Crippen LogP contribution is -2.38. The lowest BCUT2D eigenvalue weighted by Gasteiger charge is -2.31. The average molecular weight is 385 g/mol. The molecule has 0 aliphatic carbocycles. The van der Waals surface area contributed by atoms with E-state index in [9.17, 15) is 4.79 Å². The number of hydrogen-bond acceptors (Lipinski definition) is 3. The summed E-state index contributed by atoms with van der Waals surface area (Å²) in [4.78, 5) is 19.7. The summed E-state index contributed by atoms with van der Waals surface area (Å²) >= 11 is 7.82. The van der Waals surface area contributed by atoms with Crippen molar-refractivity contribution < 1.29 is 4.79 Å². The quantitative estimate of drug-likeness (QED) is 0.577. The summed E-state index contributed by atoms with van der Waals surface area (Å²) in [5.74, 6) is 0.578. The number of likely N-dealkylation sites (tertiary alicyclic amines) is 1. The average Bonchev–Trinajstić information content (AvgIpc) is 3.07. The Morgan fingerprint density at radius 2 is 1.96 bits per heavy atom. The Kier molecular flexibility index (Phi) is 4.72. The van der Waals surface area contributed by atoms with Gasteiger partial charge in [0.25, 0.3) is 5.91 Å². The smallest absolute Gasteiger partial charge is 0.254 e. The summed E-state index contributed by atoms with van der Waals surface area (Å²) in [6, 6.07) is 11.8. The minimum Gasteiger partial charge on any atom is -0.339 e. The summed E-state index contributed by atoms with van der Waals surface area (Å²) in [7, 11) is 0. The third-order valence-corrected chi connectivity index (χ3v) is 6.77. The molecule has 0 unspecified atom stereocenters. The van der Waals surface area contributed by atoms with E-state index in [-0.39, 0.29) is 5.91 Å². The van der Waals surface area contributed by atoms with Crippen molar-refractivity contribution >= 4 is 39.1 Å². The Hall–Kier alpha value is -1.91. The Bertz CT molecular complexity index is 973. The van der Waals surface area contributed by atoms with Crippen LogP contribution in [0.1, 0.15) is 45.3 Å². The van der Waals surface area contributed by atoms with Gasteiger partial charge in [0.2, 0.25) is 0 Å². The number of benzene rings is 2. The van der Waals surface area contributed by atoms with Crippen molar-refractivity contribution in [3.63, 3.8) is 0 Å². The standard InChI is InChI=1S/C21H21ClN2OS/c1-13-4-3-5-17(14(13)2)21(25)24-10-8-15(9-11-24)20-23-18-12-16(22)6-7-19(18)26-20/h3-7,12,15H,8-11H2,1-2H3. The highest BCUT2D eigenvalue weighted by atomic mass is 35.5. The van der Waals surface area contributed by atoms with Gasteiger partial charge in [-0.1, -0.05) is 23.7 Å². The first-order valence-electron chi connectivity index (χ1n) is 8.94. The van der Waals surface area contributed by atoms with Gasteiger partial charge < -0.3 is 4.90 Å². The normalized spacial score (nSPS) is 15.6. The summed E-state index contributed by atoms with van der Waals surface area (Å²) < 4.78 is 1.18. The number of carbonyl (C=O) groups excluding carboxylic acids is 1. The Morgan fingerprint density at radius 1 is 1.19 bits per heavy atom. The minimum atomic E-state index is 0.153. The second kappa shape index (κ2) is 7.01. The monoisotopic (exact) mass is 384 g/mol. The van der Waals surface area contributed by atoms with Crippen molar-refractivity contribution in [3.8, 4) is 0 Å². The fraction of sp³-hybridized carbons (Fsp3) is 0.333. The molecule has 3 aromatic rings. The largest absolute Gasteiger partial charge is 0.339 e. The third kappa shape index (κ3) is 3.24. The molecular weight excluding hydrogens is 364 g/mol. The number of nitrogens with zero attached hydrogens (tertiary/aromatic N) is 2. The summed E-state index contributed by atoms with van der Waals surface area (Å²) in [6.45, 7) is 5.65. The molecule has 0 bridgehead atoms. The van der Waals surface area contributed by atoms with Crippen LogP contribution in [0.3, 0.4) is 0 Å². The molecule has 4 rings (SSSR count). The number of aromatic nitrogens is 1. The van der Waals surface area contributed by atoms with Crippen LogP contribution in [0.5, 0.6) is 0 Å². The second-order valence-corrected chi connectivity index (χ2v) is 8.48. The van der Waals surface area contributed by atoms with Crippen LogP contribution in [0.2, 0.25) is 5.02 Å². The van der Waals surface area contributed by atoms with Gasteiger partial charge in [-0.15, -0.1) is 11.3 Å². The Morgan fingerprint density at radius 3 is 2.73 bits per heavy atom. The van der Waals surface area contributed by atoms with Crippen molar-refractivity contribution in [2.24, 2.45) is 0 Å². The molecule has 0 spiro atoms. The molecule has 0 saturated carbocycles. The zero-order valence-electron chi connectivity index (χ0n) is 15.0. The van der Waals surface area contributed by atoms with Crippen LogP contribution in [-0.4, -0.2) is 28.9 Å². The van der Waals surface area contributed by atoms with Crippen LogP contribution in [0, 0.1) is 13.8 Å². The molecule has 0 radical (unpaired) electrons. The first-order valence-corrected chi connectivity index (χ1v) is 10.1. The van der Waals surface area contributed by atoms with Gasteiger partial charge in [0.05, 0.1) is 15.2 Å². The van der Waals surface area contributed by atoms with Gasteiger partial charge in [-0.05, 0) is 62.1 Å². The molecule has 0 atom stereocenters. The van der Waals surface area contributed by atoms with Crippen LogP contribution in [0.15, 0.2) is 36.4 Å². The number of halogens is 1. The number of hydrogen-bond donors (Lipinski definition) is 0. The van der Waals surface area contributed by atoms with E-state index in [0.29, 0.717) is 5.92 Å². The lowest BCUT2D eigenvalue weighted by atomic mass is 9.96. The molecule has 0 N–H and O–H groups in total. The van der Waals surface area contributed by atoms with Crippen molar-refractivity contribution in [2.45, 2.75) is 32.6 Å². The zero-order chi connectivity index (χ0) is 18.3. The van der Waals surface area contributed by atoms with Gasteiger partial charge in [-0.3, -0.25) is 4.79 Å². The van der Waals surface area contributed by atoms with Gasteiger partial charge in [-0.25, -0.2) is 4.98 Å². The fourth-order valence-electron chi connectivity index (χ4n) is 3.58. The summed E-state index contributed by atoms with van der Waals surface area (Å²) in [5.41, 5.74) is 4.06. The predicted octanol–water partition coefficient (Wildman–Crippen LogP) is 5.59. The molecule has 2 heterocycles. The van der Waals surface area contributed by atoms with Crippen LogP contribution >= 0.6 is 22.9 Å². The first kappa shape index (κ1) is 17.5. The van der Waals surface area contributed by atoms with Crippen molar-refractivity contribution in [1.82, 2.24) is 9.88 Å². The third-order valence-electron chi connectivity index (χ3n) is 5.33. The van der Waals surface area contributed by atoms with E-state index < -0.39 is 0 Å². The molecule has 5 heteroatoms. The number of aryl methyl sites for hydroxylation is 1. The molecule has 1 aliphatic rings. The maximum absolute atomic E-state index is 12.9. The first-order chi connectivity index (χ1) is 12.5. The predicted molar refractivity (Wildman–Crippen MR) is 108 cm³/mol. The lowest BCUT2D eigenvalue weighted by molar-refractivity contribution is 0.0712. The van der Waals surface area contributed by atoms with Crippen LogP contribution in [0.25, 0.3) is 10.2 Å². The maximum Gasteiger partial charge on any atom is 0.254 e. The van der Waals surface area contributed by atoms with Gasteiger partial charge >= 0.3 is 0 Å². The molecule has 26 heavy (non-hydrogen) atoms. The van der Waals surface area contributed by atoms with E-state index in [1.807, 2.05) is 42.2 Å². The van der Waals surface area contributed by atoms with Crippen LogP contribution in [0.4, 0.5) is 0 Å². The van der Waals surface area contributed by atoms with E-state index >= 15 is 0 Å². The van der Waals surface area contributed by atoms with Gasteiger partial charge in [-0.2, -0.15) is 0 Å². The van der Waals surface area contributed by atoms with Crippen molar-refractivity contribution in [2.75, 3.05) is 13.1 Å². The number of thiazole rings is 1. The molecule has 1 fully saturated rings. The van der Waals surface area contributed by atoms with Gasteiger partial charge in [0.15, 0.2) is 0 Å². The number of rotatable bonds is 2. The number of piperidine rings is 1. The second-order valence-electron chi connectivity index (χ2n) is 6.98. The van der Waals surface area contributed by atoms with E-state index in [0.717, 1.165) is 47.6 Å². The van der Waals surface area contributed by atoms with Crippen molar-refractivity contribution in [3.05, 3.63) is 63.1 Å². The molecular formula is C21H21ClN2OS. The molecule has 1 aromatic heterocycles. The van der Waals surface area contributed by atoms with E-state index in [4.69, 9.17) is 16.6 Å². The molecule has 1 saturated heterocycles. The summed E-state index contributed by atoms with van der Waals surface area (Å²) in [5, 5.41) is 1.89. The van der Waals surface area contributed by atoms with E-state index in [2.05, 4.69) is 13.0 Å². The highest BCUT2D eigenvalue weighted by Crippen LogP contribution is 2.35. The molecule has 1 amide bonds. The molecule has 1 aliphatic heterocycles. The van der Waals surface area contributed by atoms with Gasteiger partial charge in [0.1, 0.15) is 0 Å². The Balaban J connectivity index is 1.48. The molecule has 134 valence electrons. The number of fused-ring (bicyclic) bond motifs is 1. The topological polar surface area (TPSA) is 33.2 Å². The molecule has 2 aromatic carbocycles. The zero-order valence-corrected chi connectivity index (χ0v) is 16.5. The van der Waals surface area contributed by atoms with Crippen molar-refractivity contribution in [1.29, 1.82) is 0 Å². The molecule has 3 nitrogen and oxygen atoms in total. The van der Waals surface area contributed by atoms with Crippen LogP contribution < -0.4 is 0 Å². The fourth-order valence-corrected chi connectivity index (χ4v) is 4.86. The number of amides is 1. The minimum absolute atomic E-state index is 0.153. The Labute approximate surface area is 162 Å². The van der Waals surface area contributed by atoms with E-state index in [1.165, 1.54) is 15.3 Å². The highest BCUT2D eigenvalue weighted by Gasteiger charge is 2.27. The SMILES string of the molecule is Cc1cccc(C(=O)N2CCC(c3nc4cc(Cl)ccc4s3)CC2)c1C. The maximum atomic E-state index is 12.9. The highest BCUT2D eigenvalue weighted by molar-refractivity contribution is 7.18. The van der Waals surface area contributed by atoms with Gasteiger partial charge in [0, 0.05) is 29.6 Å².